The van der Waals surface area contributed by atoms with E-state index >= 15 is 0 Å². The number of hydrogen-bond donors (Lipinski definition) is 2. The van der Waals surface area contributed by atoms with E-state index in [4.69, 9.17) is 9.26 Å². The number of nitrogens with one attached hydrogen (secondary N) is 2. The van der Waals surface area contributed by atoms with Crippen molar-refractivity contribution in [1.82, 2.24) is 5.27 Å². The van der Waals surface area contributed by atoms with Gasteiger partial charge in [-0.3, -0.25) is 9.32 Å². The number of nitriles is 1. The molecule has 0 saturated carbocycles. The van der Waals surface area contributed by atoms with Gasteiger partial charge in [0.05, 0.1) is 17.9 Å². The number of hydrogen-bond acceptors (Lipinski definition) is 7. The van der Waals surface area contributed by atoms with Crippen molar-refractivity contribution in [3.8, 4) is 17.5 Å². The number of amides is 1. The fourth-order valence-corrected chi connectivity index (χ4v) is 5.92. The number of rotatable bonds is 7. The molecule has 10 heteroatoms. The Morgan fingerprint density at radius 1 is 1.38 bits per heavy atom. The number of thiophene rings is 1. The largest absolute Gasteiger partial charge is 0.497 e. The van der Waals surface area contributed by atoms with Crippen LogP contribution < -0.4 is 20.4 Å². The van der Waals surface area contributed by atoms with E-state index in [9.17, 15) is 14.9 Å². The molecule has 0 bridgehead atoms. The maximum absolute atomic E-state index is 13.1. The third-order valence-corrected chi connectivity index (χ3v) is 7.99. The topological polar surface area (TPSA) is 112 Å². The van der Waals surface area contributed by atoms with Crippen LogP contribution in [0.25, 0.3) is 5.69 Å². The van der Waals surface area contributed by atoms with Crippen molar-refractivity contribution in [2.24, 2.45) is 0 Å². The highest BCUT2D eigenvalue weighted by molar-refractivity contribution is 8.00. The van der Waals surface area contributed by atoms with Crippen LogP contribution >= 0.6 is 23.1 Å². The van der Waals surface area contributed by atoms with Gasteiger partial charge in [0.2, 0.25) is 11.6 Å². The second kappa shape index (κ2) is 9.63. The van der Waals surface area contributed by atoms with Crippen LogP contribution in [0.1, 0.15) is 42.2 Å². The Kier molecular flexibility index (Phi) is 6.67. The number of aromatic nitrogens is 2. The second-order valence-corrected chi connectivity index (χ2v) is 9.65. The molecule has 3 aromatic rings. The Balaban J connectivity index is 1.56. The number of benzene rings is 1. The second-order valence-electron chi connectivity index (χ2n) is 7.35. The zero-order valence-electron chi connectivity index (χ0n) is 17.8. The van der Waals surface area contributed by atoms with Gasteiger partial charge in [0.25, 0.3) is 0 Å². The number of H-pyrrole nitrogens is 1. The summed E-state index contributed by atoms with van der Waals surface area (Å²) in [6, 6.07) is 9.37. The van der Waals surface area contributed by atoms with Crippen molar-refractivity contribution in [2.45, 2.75) is 49.3 Å². The monoisotopic (exact) mass is 471 g/mol. The fraction of sp³-hybridized carbons (Fsp3) is 0.364. The van der Waals surface area contributed by atoms with Gasteiger partial charge >= 0.3 is 10.7 Å². The molecule has 1 atom stereocenters. The van der Waals surface area contributed by atoms with Gasteiger partial charge in [0.1, 0.15) is 16.8 Å². The van der Waals surface area contributed by atoms with E-state index in [-0.39, 0.29) is 10.9 Å². The third kappa shape index (κ3) is 4.31. The molecule has 1 unspecified atom stereocenters. The van der Waals surface area contributed by atoms with E-state index in [1.807, 2.05) is 6.92 Å². The third-order valence-electron chi connectivity index (χ3n) is 5.37. The molecule has 1 aliphatic carbocycles. The molecule has 8 nitrogen and oxygen atoms in total. The van der Waals surface area contributed by atoms with Gasteiger partial charge in [-0.05, 0) is 71.5 Å². The van der Waals surface area contributed by atoms with Gasteiger partial charge in [0.15, 0.2) is 0 Å². The van der Waals surface area contributed by atoms with Gasteiger partial charge in [0, 0.05) is 17.0 Å². The van der Waals surface area contributed by atoms with Gasteiger partial charge in [-0.2, -0.15) is 5.26 Å². The quantitative estimate of drug-likeness (QED) is 0.402. The van der Waals surface area contributed by atoms with Crippen LogP contribution in [0.4, 0.5) is 5.00 Å². The number of carbonyl (C=O) groups is 1. The zero-order chi connectivity index (χ0) is 22.7. The number of nitrogens with zero attached hydrogens (tertiary/aromatic N) is 2. The first kappa shape index (κ1) is 22.2. The first-order valence-corrected chi connectivity index (χ1v) is 12.1. The van der Waals surface area contributed by atoms with E-state index < -0.39 is 10.9 Å². The molecule has 1 aliphatic rings. The maximum Gasteiger partial charge on any atom is 0.442 e. The van der Waals surface area contributed by atoms with Crippen LogP contribution in [-0.2, 0) is 17.6 Å². The lowest BCUT2D eigenvalue weighted by Crippen LogP contribution is -2.37. The molecule has 0 saturated heterocycles. The summed E-state index contributed by atoms with van der Waals surface area (Å²) in [6.07, 6.45) is 4.49. The molecule has 2 aromatic heterocycles. The Morgan fingerprint density at radius 2 is 2.12 bits per heavy atom. The normalized spacial score (nSPS) is 13.8. The Hall–Kier alpha value is -3.03. The summed E-state index contributed by atoms with van der Waals surface area (Å²) in [5, 5.41) is 15.5. The minimum atomic E-state index is -0.554. The molecular formula is C22H23N4O4S2+. The van der Waals surface area contributed by atoms with Gasteiger partial charge < -0.3 is 10.1 Å². The minimum absolute atomic E-state index is 0.241. The molecule has 1 aromatic carbocycles. The number of carbonyl (C=O) groups excluding carboxylic acids is 1. The number of fused-ring (bicyclic) bond motifs is 1. The summed E-state index contributed by atoms with van der Waals surface area (Å²) < 4.78 is 11.7. The zero-order valence-corrected chi connectivity index (χ0v) is 19.4. The summed E-state index contributed by atoms with van der Waals surface area (Å²) in [4.78, 5) is 26.6. The summed E-state index contributed by atoms with van der Waals surface area (Å²) >= 11 is 2.62. The molecule has 0 aliphatic heterocycles. The van der Waals surface area contributed by atoms with Gasteiger partial charge in [-0.15, -0.1) is 11.3 Å². The highest BCUT2D eigenvalue weighted by Crippen LogP contribution is 2.38. The van der Waals surface area contributed by atoms with Crippen LogP contribution in [-0.4, -0.2) is 23.5 Å². The van der Waals surface area contributed by atoms with Crippen LogP contribution in [0.3, 0.4) is 0 Å². The highest BCUT2D eigenvalue weighted by Gasteiger charge is 2.31. The molecule has 0 fully saturated rings. The van der Waals surface area contributed by atoms with Crippen LogP contribution in [0.2, 0.25) is 0 Å². The van der Waals surface area contributed by atoms with E-state index in [0.717, 1.165) is 43.0 Å². The smallest absolute Gasteiger partial charge is 0.442 e. The Labute approximate surface area is 193 Å². The highest BCUT2D eigenvalue weighted by atomic mass is 32.2. The fourth-order valence-electron chi connectivity index (χ4n) is 3.69. The Bertz CT molecular complexity index is 1220. The number of thioether (sulfide) groups is 1. The predicted octanol–water partition coefficient (Wildman–Crippen LogP) is 3.57. The molecule has 0 radical (unpaired) electrons. The number of anilines is 1. The van der Waals surface area contributed by atoms with Crippen LogP contribution in [0.15, 0.2) is 38.6 Å². The minimum Gasteiger partial charge on any atom is -0.497 e. The molecule has 2 N–H and O–H groups in total. The molecule has 2 heterocycles. The molecular weight excluding hydrogens is 448 g/mol. The number of aromatic amines is 1. The first-order chi connectivity index (χ1) is 15.5. The summed E-state index contributed by atoms with van der Waals surface area (Å²) in [5.74, 6) is 0.446. The summed E-state index contributed by atoms with van der Waals surface area (Å²) in [5.41, 5.74) is 1.77. The molecule has 32 heavy (non-hydrogen) atoms. The van der Waals surface area contributed by atoms with E-state index in [1.165, 1.54) is 20.9 Å². The SMILES string of the molecule is CCC(Sc1c(=O)o[nH][n+]1-c1ccc(OC)cc1)C(=O)Nc1sc2c(c1C#N)CCCC2. The van der Waals surface area contributed by atoms with Crippen molar-refractivity contribution in [1.29, 1.82) is 5.26 Å². The van der Waals surface area contributed by atoms with Crippen molar-refractivity contribution in [2.75, 3.05) is 12.4 Å². The van der Waals surface area contributed by atoms with Gasteiger partial charge in [-0.25, -0.2) is 4.79 Å². The van der Waals surface area contributed by atoms with Crippen LogP contribution in [0.5, 0.6) is 5.75 Å². The molecule has 166 valence electrons. The first-order valence-electron chi connectivity index (χ1n) is 10.4. The predicted molar refractivity (Wildman–Crippen MR) is 122 cm³/mol. The number of aryl methyl sites for hydroxylation is 1. The van der Waals surface area contributed by atoms with Crippen molar-refractivity contribution >= 4 is 34.0 Å². The standard InChI is InChI=1S/C22H22N4O4S2/c1-3-17(19(27)24-20-16(12-23)15-6-4-5-7-18(15)31-20)32-21-22(28)30-25-26(21)13-8-10-14(29-2)11-9-13/h8-11,17H,3-7H2,1-2H3,(H-,24,25,27,28)/p+1. The molecule has 4 rings (SSSR count). The lowest BCUT2D eigenvalue weighted by atomic mass is 9.96. The van der Waals surface area contributed by atoms with E-state index in [0.29, 0.717) is 28.4 Å². The average molecular weight is 472 g/mol. The lowest BCUT2D eigenvalue weighted by Gasteiger charge is -2.11. The van der Waals surface area contributed by atoms with Crippen molar-refractivity contribution in [3.05, 3.63) is 50.7 Å². The van der Waals surface area contributed by atoms with Gasteiger partial charge in [-0.1, -0.05) is 6.92 Å². The lowest BCUT2D eigenvalue weighted by molar-refractivity contribution is -0.704. The van der Waals surface area contributed by atoms with Crippen molar-refractivity contribution in [3.63, 3.8) is 0 Å². The van der Waals surface area contributed by atoms with Crippen molar-refractivity contribution < 1.29 is 18.7 Å². The van der Waals surface area contributed by atoms with Crippen LogP contribution in [0, 0.1) is 11.3 Å². The van der Waals surface area contributed by atoms with E-state index in [2.05, 4.69) is 16.7 Å². The summed E-state index contributed by atoms with van der Waals surface area (Å²) in [6.45, 7) is 1.88. The molecule has 0 spiro atoms. The average Bonchev–Trinajstić information content (AvgIpc) is 3.36. The molecule has 1 amide bonds. The maximum atomic E-state index is 13.1. The number of methoxy groups -OCH3 is 1. The number of ether oxygens (including phenoxy) is 1. The van der Waals surface area contributed by atoms with E-state index in [1.54, 1.807) is 31.4 Å². The Morgan fingerprint density at radius 3 is 2.81 bits per heavy atom. The summed E-state index contributed by atoms with van der Waals surface area (Å²) in [7, 11) is 1.58.